The number of aromatic nitrogens is 1. The van der Waals surface area contributed by atoms with Crippen LogP contribution in [0.4, 0.5) is 0 Å². The number of hydrogen-bond acceptors (Lipinski definition) is 3. The van der Waals surface area contributed by atoms with Gasteiger partial charge in [0, 0.05) is 6.20 Å². The smallest absolute Gasteiger partial charge is 0.0666 e. The average Bonchev–Trinajstić information content (AvgIpc) is 2.16. The molecular formula is C9H12ClN3. The van der Waals surface area contributed by atoms with Gasteiger partial charge in [-0.05, 0) is 18.6 Å². The number of hydrazine groups is 1. The first-order valence-electron chi connectivity index (χ1n) is 3.96. The van der Waals surface area contributed by atoms with Crippen LogP contribution in [0.1, 0.15) is 18.2 Å². The lowest BCUT2D eigenvalue weighted by Crippen LogP contribution is -2.28. The monoisotopic (exact) mass is 197 g/mol. The number of rotatable bonds is 4. The summed E-state index contributed by atoms with van der Waals surface area (Å²) in [5, 5.41) is 0.623. The van der Waals surface area contributed by atoms with E-state index in [1.54, 1.807) is 18.3 Å². The SMILES string of the molecule is C=CCC(NN)c1ccc(Cl)cn1. The Morgan fingerprint density at radius 1 is 1.69 bits per heavy atom. The number of hydrogen-bond donors (Lipinski definition) is 2. The molecule has 0 aromatic carbocycles. The third kappa shape index (κ3) is 2.81. The molecule has 0 spiro atoms. The summed E-state index contributed by atoms with van der Waals surface area (Å²) < 4.78 is 0. The highest BCUT2D eigenvalue weighted by Crippen LogP contribution is 2.15. The van der Waals surface area contributed by atoms with Crippen LogP contribution >= 0.6 is 11.6 Å². The summed E-state index contributed by atoms with van der Waals surface area (Å²) in [5.41, 5.74) is 3.53. The van der Waals surface area contributed by atoms with E-state index >= 15 is 0 Å². The van der Waals surface area contributed by atoms with Gasteiger partial charge in [0.1, 0.15) is 0 Å². The molecule has 0 bridgehead atoms. The largest absolute Gasteiger partial charge is 0.271 e. The van der Waals surface area contributed by atoms with Crippen molar-refractivity contribution < 1.29 is 0 Å². The molecule has 0 aliphatic carbocycles. The highest BCUT2D eigenvalue weighted by molar-refractivity contribution is 6.30. The summed E-state index contributed by atoms with van der Waals surface area (Å²) in [7, 11) is 0. The van der Waals surface area contributed by atoms with Crippen molar-refractivity contribution in [2.45, 2.75) is 12.5 Å². The molecule has 0 fully saturated rings. The van der Waals surface area contributed by atoms with Gasteiger partial charge in [0.25, 0.3) is 0 Å². The molecule has 0 amide bonds. The summed E-state index contributed by atoms with van der Waals surface area (Å²) in [4.78, 5) is 4.15. The normalized spacial score (nSPS) is 12.5. The van der Waals surface area contributed by atoms with Crippen LogP contribution in [-0.4, -0.2) is 4.98 Å². The quantitative estimate of drug-likeness (QED) is 0.440. The Kier molecular flexibility index (Phi) is 3.89. The van der Waals surface area contributed by atoms with Gasteiger partial charge in [0.05, 0.1) is 16.8 Å². The molecule has 0 aliphatic heterocycles. The second kappa shape index (κ2) is 4.97. The molecular weight excluding hydrogens is 186 g/mol. The second-order valence-electron chi connectivity index (χ2n) is 2.64. The highest BCUT2D eigenvalue weighted by Gasteiger charge is 2.07. The third-order valence-electron chi connectivity index (χ3n) is 1.71. The third-order valence-corrected chi connectivity index (χ3v) is 1.93. The zero-order valence-electron chi connectivity index (χ0n) is 7.20. The Hall–Kier alpha value is -0.900. The molecule has 1 atom stereocenters. The molecule has 0 aliphatic rings. The molecule has 3 nitrogen and oxygen atoms in total. The number of nitrogens with two attached hydrogens (primary N) is 1. The summed E-state index contributed by atoms with van der Waals surface area (Å²) in [6.45, 7) is 3.64. The summed E-state index contributed by atoms with van der Waals surface area (Å²) in [6.07, 6.45) is 4.14. The second-order valence-corrected chi connectivity index (χ2v) is 3.08. The lowest BCUT2D eigenvalue weighted by atomic mass is 10.1. The highest BCUT2D eigenvalue weighted by atomic mass is 35.5. The predicted molar refractivity (Wildman–Crippen MR) is 54.1 cm³/mol. The zero-order chi connectivity index (χ0) is 9.68. The number of nitrogens with one attached hydrogen (secondary N) is 1. The van der Waals surface area contributed by atoms with Gasteiger partial charge in [-0.1, -0.05) is 17.7 Å². The van der Waals surface area contributed by atoms with Crippen LogP contribution in [0.3, 0.4) is 0 Å². The van der Waals surface area contributed by atoms with Gasteiger partial charge in [-0.2, -0.15) is 0 Å². The van der Waals surface area contributed by atoms with Crippen LogP contribution in [0.15, 0.2) is 31.0 Å². The standard InChI is InChI=1S/C9H12ClN3/c1-2-3-9(13-11)8-5-4-7(10)6-12-8/h2,4-6,9,13H,1,3,11H2. The molecule has 70 valence electrons. The van der Waals surface area contributed by atoms with Crippen molar-refractivity contribution in [2.24, 2.45) is 5.84 Å². The summed E-state index contributed by atoms with van der Waals surface area (Å²) in [6, 6.07) is 3.64. The lowest BCUT2D eigenvalue weighted by Gasteiger charge is -2.12. The lowest BCUT2D eigenvalue weighted by molar-refractivity contribution is 0.547. The van der Waals surface area contributed by atoms with Crippen molar-refractivity contribution in [3.05, 3.63) is 41.7 Å². The topological polar surface area (TPSA) is 50.9 Å². The van der Waals surface area contributed by atoms with Gasteiger partial charge in [-0.15, -0.1) is 6.58 Å². The van der Waals surface area contributed by atoms with Crippen molar-refractivity contribution >= 4 is 11.6 Å². The first-order chi connectivity index (χ1) is 6.27. The van der Waals surface area contributed by atoms with Crippen molar-refractivity contribution in [1.29, 1.82) is 0 Å². The fourth-order valence-corrected chi connectivity index (χ4v) is 1.15. The van der Waals surface area contributed by atoms with Crippen LogP contribution in [-0.2, 0) is 0 Å². The predicted octanol–water partition coefficient (Wildman–Crippen LogP) is 1.82. The molecule has 0 radical (unpaired) electrons. The Morgan fingerprint density at radius 2 is 2.46 bits per heavy atom. The van der Waals surface area contributed by atoms with Gasteiger partial charge in [0.2, 0.25) is 0 Å². The first kappa shape index (κ1) is 10.2. The van der Waals surface area contributed by atoms with Gasteiger partial charge < -0.3 is 0 Å². The Morgan fingerprint density at radius 3 is 2.92 bits per heavy atom. The minimum atomic E-state index is 0.00904. The van der Waals surface area contributed by atoms with Crippen LogP contribution in [0.2, 0.25) is 5.02 Å². The van der Waals surface area contributed by atoms with Gasteiger partial charge in [-0.25, -0.2) is 0 Å². The summed E-state index contributed by atoms with van der Waals surface area (Å²) >= 11 is 5.70. The van der Waals surface area contributed by atoms with E-state index in [0.717, 1.165) is 12.1 Å². The number of nitrogens with zero attached hydrogens (tertiary/aromatic N) is 1. The molecule has 1 rings (SSSR count). The van der Waals surface area contributed by atoms with E-state index in [0.29, 0.717) is 5.02 Å². The molecule has 1 aromatic rings. The van der Waals surface area contributed by atoms with E-state index < -0.39 is 0 Å². The molecule has 4 heteroatoms. The molecule has 1 aromatic heterocycles. The number of pyridine rings is 1. The first-order valence-corrected chi connectivity index (χ1v) is 4.34. The minimum absolute atomic E-state index is 0.00904. The van der Waals surface area contributed by atoms with Gasteiger partial charge in [0.15, 0.2) is 0 Å². The average molecular weight is 198 g/mol. The van der Waals surface area contributed by atoms with E-state index in [1.807, 2.05) is 6.07 Å². The van der Waals surface area contributed by atoms with Crippen molar-refractivity contribution in [3.63, 3.8) is 0 Å². The molecule has 13 heavy (non-hydrogen) atoms. The van der Waals surface area contributed by atoms with Crippen LogP contribution in [0, 0.1) is 0 Å². The number of halogens is 1. The maximum absolute atomic E-state index is 5.70. The van der Waals surface area contributed by atoms with E-state index in [-0.39, 0.29) is 6.04 Å². The maximum Gasteiger partial charge on any atom is 0.0666 e. The molecule has 3 N–H and O–H groups in total. The molecule has 0 saturated carbocycles. The van der Waals surface area contributed by atoms with E-state index in [1.165, 1.54) is 0 Å². The van der Waals surface area contributed by atoms with Crippen LogP contribution < -0.4 is 11.3 Å². The zero-order valence-corrected chi connectivity index (χ0v) is 7.96. The van der Waals surface area contributed by atoms with Crippen LogP contribution in [0.25, 0.3) is 0 Å². The molecule has 1 heterocycles. The van der Waals surface area contributed by atoms with Gasteiger partial charge >= 0.3 is 0 Å². The van der Waals surface area contributed by atoms with Crippen molar-refractivity contribution in [1.82, 2.24) is 10.4 Å². The van der Waals surface area contributed by atoms with E-state index in [2.05, 4.69) is 17.0 Å². The Balaban J connectivity index is 2.78. The minimum Gasteiger partial charge on any atom is -0.271 e. The summed E-state index contributed by atoms with van der Waals surface area (Å²) in [5.74, 6) is 5.36. The molecule has 1 unspecified atom stereocenters. The fourth-order valence-electron chi connectivity index (χ4n) is 1.03. The Bertz CT molecular complexity index is 271. The van der Waals surface area contributed by atoms with Crippen molar-refractivity contribution in [3.8, 4) is 0 Å². The van der Waals surface area contributed by atoms with Crippen molar-refractivity contribution in [2.75, 3.05) is 0 Å². The fraction of sp³-hybridized carbons (Fsp3) is 0.222. The Labute approximate surface area is 82.6 Å². The van der Waals surface area contributed by atoms with E-state index in [9.17, 15) is 0 Å². The van der Waals surface area contributed by atoms with Crippen LogP contribution in [0.5, 0.6) is 0 Å². The van der Waals surface area contributed by atoms with Gasteiger partial charge in [-0.3, -0.25) is 16.3 Å². The maximum atomic E-state index is 5.70. The van der Waals surface area contributed by atoms with E-state index in [4.69, 9.17) is 17.4 Å². The molecule has 0 saturated heterocycles.